The lowest BCUT2D eigenvalue weighted by atomic mass is 9.95. The molecule has 0 saturated heterocycles. The summed E-state index contributed by atoms with van der Waals surface area (Å²) >= 11 is 0. The van der Waals surface area contributed by atoms with Crippen LogP contribution in [0.3, 0.4) is 0 Å². The van der Waals surface area contributed by atoms with Crippen LogP contribution in [0.4, 0.5) is 0 Å². The Labute approximate surface area is 96.9 Å². The first-order chi connectivity index (χ1) is 7.72. The molecule has 1 unspecified atom stereocenters. The molecule has 0 bridgehead atoms. The highest BCUT2D eigenvalue weighted by atomic mass is 16.5. The van der Waals surface area contributed by atoms with Crippen LogP contribution in [-0.4, -0.2) is 27.1 Å². The highest BCUT2D eigenvalue weighted by molar-refractivity contribution is 6.32. The van der Waals surface area contributed by atoms with Gasteiger partial charge in [-0.3, -0.25) is 9.79 Å². The van der Waals surface area contributed by atoms with E-state index in [9.17, 15) is 4.79 Å². The Kier molecular flexibility index (Phi) is 5.33. The monoisotopic (exact) mass is 215 g/mol. The Bertz CT molecular complexity index is 349. The molecule has 1 aromatic rings. The summed E-state index contributed by atoms with van der Waals surface area (Å²) in [6, 6.07) is 7.59. The van der Waals surface area contributed by atoms with Gasteiger partial charge in [-0.1, -0.05) is 36.7 Å². The molecular formula is C12H14BNO2. The van der Waals surface area contributed by atoms with Crippen LogP contribution >= 0.6 is 0 Å². The minimum atomic E-state index is 0.138. The van der Waals surface area contributed by atoms with Crippen molar-refractivity contribution in [2.75, 3.05) is 6.61 Å². The van der Waals surface area contributed by atoms with Gasteiger partial charge in [0.2, 0.25) is 0 Å². The van der Waals surface area contributed by atoms with Gasteiger partial charge in [-0.25, -0.2) is 0 Å². The van der Waals surface area contributed by atoms with E-state index in [1.165, 1.54) is 0 Å². The van der Waals surface area contributed by atoms with Crippen LogP contribution in [0.5, 0.6) is 0 Å². The number of carbonyl (C=O) groups is 1. The van der Waals surface area contributed by atoms with Gasteiger partial charge in [0.05, 0.1) is 13.2 Å². The van der Waals surface area contributed by atoms with Crippen molar-refractivity contribution in [1.29, 1.82) is 0 Å². The molecular weight excluding hydrogens is 201 g/mol. The first-order valence-corrected chi connectivity index (χ1v) is 5.12. The fourth-order valence-electron chi connectivity index (χ4n) is 1.20. The van der Waals surface area contributed by atoms with E-state index in [-0.39, 0.29) is 5.92 Å². The number of nitrogens with zero attached hydrogens (tertiary/aromatic N) is 1. The van der Waals surface area contributed by atoms with Crippen LogP contribution in [0, 0.1) is 5.92 Å². The number of ether oxygens (including phenoxy) is 1. The van der Waals surface area contributed by atoms with Gasteiger partial charge in [0.25, 0.3) is 6.47 Å². The van der Waals surface area contributed by atoms with E-state index in [0.29, 0.717) is 19.6 Å². The maximum Gasteiger partial charge on any atom is 0.293 e. The number of hydrogen-bond donors (Lipinski definition) is 0. The molecule has 0 aliphatic carbocycles. The number of aliphatic imine (C=N–C) groups is 1. The summed E-state index contributed by atoms with van der Waals surface area (Å²) in [7, 11) is 5.57. The first-order valence-electron chi connectivity index (χ1n) is 5.12. The van der Waals surface area contributed by atoms with Crippen molar-refractivity contribution in [3.63, 3.8) is 0 Å². The second kappa shape index (κ2) is 6.83. The molecule has 16 heavy (non-hydrogen) atoms. The van der Waals surface area contributed by atoms with E-state index in [0.717, 1.165) is 11.0 Å². The Hall–Kier alpha value is -1.58. The smallest absolute Gasteiger partial charge is 0.293 e. The molecule has 0 aliphatic heterocycles. The van der Waals surface area contributed by atoms with Crippen LogP contribution in [0.15, 0.2) is 29.3 Å². The molecule has 0 amide bonds. The number of rotatable bonds is 6. The molecule has 0 spiro atoms. The maximum atomic E-state index is 9.96. The molecule has 2 radical (unpaired) electrons. The second-order valence-electron chi connectivity index (χ2n) is 3.64. The minimum absolute atomic E-state index is 0.138. The maximum absolute atomic E-state index is 9.96. The number of carbonyl (C=O) groups excluding carboxylic acids is 1. The van der Waals surface area contributed by atoms with Crippen LogP contribution in [0.1, 0.15) is 12.5 Å². The van der Waals surface area contributed by atoms with E-state index in [1.54, 1.807) is 6.21 Å². The Balaban J connectivity index is 2.35. The summed E-state index contributed by atoms with van der Waals surface area (Å²) in [6.07, 6.45) is 1.79. The molecule has 3 nitrogen and oxygen atoms in total. The van der Waals surface area contributed by atoms with Crippen molar-refractivity contribution >= 4 is 26.0 Å². The lowest BCUT2D eigenvalue weighted by Crippen LogP contribution is -2.06. The largest absolute Gasteiger partial charge is 0.467 e. The van der Waals surface area contributed by atoms with Crippen molar-refractivity contribution in [1.82, 2.24) is 0 Å². The lowest BCUT2D eigenvalue weighted by Gasteiger charge is -2.03. The third kappa shape index (κ3) is 4.78. The average molecular weight is 215 g/mol. The third-order valence-electron chi connectivity index (χ3n) is 2.04. The standard InChI is InChI=1S/C12H14BNO2/c1-10(8-16-9-15)6-14-7-11-2-4-12(13)5-3-11/h2-6,9-10H,7-8H2,1H3. The zero-order valence-electron chi connectivity index (χ0n) is 9.30. The Morgan fingerprint density at radius 2 is 2.12 bits per heavy atom. The Morgan fingerprint density at radius 3 is 2.75 bits per heavy atom. The van der Waals surface area contributed by atoms with Gasteiger partial charge in [0, 0.05) is 12.1 Å². The van der Waals surface area contributed by atoms with Crippen LogP contribution in [-0.2, 0) is 16.1 Å². The predicted molar refractivity (Wildman–Crippen MR) is 65.2 cm³/mol. The van der Waals surface area contributed by atoms with Crippen molar-refractivity contribution in [2.45, 2.75) is 13.5 Å². The molecule has 82 valence electrons. The summed E-state index contributed by atoms with van der Waals surface area (Å²) in [4.78, 5) is 14.2. The average Bonchev–Trinajstić information content (AvgIpc) is 2.29. The summed E-state index contributed by atoms with van der Waals surface area (Å²) in [6.45, 7) is 3.38. The van der Waals surface area contributed by atoms with Crippen molar-refractivity contribution in [3.8, 4) is 0 Å². The predicted octanol–water partition coefficient (Wildman–Crippen LogP) is 0.860. The van der Waals surface area contributed by atoms with E-state index >= 15 is 0 Å². The van der Waals surface area contributed by atoms with Crippen LogP contribution < -0.4 is 5.46 Å². The van der Waals surface area contributed by atoms with Crippen LogP contribution in [0.2, 0.25) is 0 Å². The van der Waals surface area contributed by atoms with Gasteiger partial charge in [0.1, 0.15) is 7.85 Å². The summed E-state index contributed by atoms with van der Waals surface area (Å²) in [5.41, 5.74) is 1.86. The molecule has 0 aliphatic rings. The molecule has 0 fully saturated rings. The highest BCUT2D eigenvalue weighted by Gasteiger charge is 1.97. The molecule has 4 heteroatoms. The van der Waals surface area contributed by atoms with Gasteiger partial charge < -0.3 is 4.74 Å². The van der Waals surface area contributed by atoms with Crippen molar-refractivity contribution < 1.29 is 9.53 Å². The molecule has 0 saturated carbocycles. The van der Waals surface area contributed by atoms with Crippen molar-refractivity contribution in [2.24, 2.45) is 10.9 Å². The zero-order valence-corrected chi connectivity index (χ0v) is 9.30. The fourth-order valence-corrected chi connectivity index (χ4v) is 1.20. The topological polar surface area (TPSA) is 38.7 Å². The molecule has 1 rings (SSSR count). The molecule has 0 heterocycles. The quantitative estimate of drug-likeness (QED) is 0.401. The molecule has 1 atom stereocenters. The first kappa shape index (κ1) is 12.5. The minimum Gasteiger partial charge on any atom is -0.467 e. The third-order valence-corrected chi connectivity index (χ3v) is 2.04. The van der Waals surface area contributed by atoms with Gasteiger partial charge in [-0.2, -0.15) is 0 Å². The fraction of sp³-hybridized carbons (Fsp3) is 0.333. The van der Waals surface area contributed by atoms with Crippen LogP contribution in [0.25, 0.3) is 0 Å². The van der Waals surface area contributed by atoms with Gasteiger partial charge >= 0.3 is 0 Å². The van der Waals surface area contributed by atoms with Gasteiger partial charge in [-0.15, -0.1) is 0 Å². The lowest BCUT2D eigenvalue weighted by molar-refractivity contribution is -0.129. The van der Waals surface area contributed by atoms with Gasteiger partial charge in [0.15, 0.2) is 0 Å². The highest BCUT2D eigenvalue weighted by Crippen LogP contribution is 1.99. The molecule has 0 N–H and O–H groups in total. The van der Waals surface area contributed by atoms with E-state index in [2.05, 4.69) is 9.73 Å². The molecule has 1 aromatic carbocycles. The summed E-state index contributed by atoms with van der Waals surface area (Å²) in [5.74, 6) is 0.138. The number of hydrogen-bond acceptors (Lipinski definition) is 3. The van der Waals surface area contributed by atoms with E-state index < -0.39 is 0 Å². The van der Waals surface area contributed by atoms with Gasteiger partial charge in [-0.05, 0) is 5.56 Å². The molecule has 0 aromatic heterocycles. The summed E-state index contributed by atoms with van der Waals surface area (Å²) < 4.78 is 4.63. The van der Waals surface area contributed by atoms with Crippen molar-refractivity contribution in [3.05, 3.63) is 29.8 Å². The van der Waals surface area contributed by atoms with E-state index in [1.807, 2.05) is 31.2 Å². The van der Waals surface area contributed by atoms with E-state index in [4.69, 9.17) is 7.85 Å². The second-order valence-corrected chi connectivity index (χ2v) is 3.64. The summed E-state index contributed by atoms with van der Waals surface area (Å²) in [5, 5.41) is 0. The zero-order chi connectivity index (χ0) is 11.8. The SMILES string of the molecule is [B]c1ccc(CN=CC(C)COC=O)cc1. The normalized spacial score (nSPS) is 12.6. The Morgan fingerprint density at radius 1 is 1.44 bits per heavy atom. The number of benzene rings is 1.